The van der Waals surface area contributed by atoms with Gasteiger partial charge >= 0.3 is 0 Å². The summed E-state index contributed by atoms with van der Waals surface area (Å²) in [5.41, 5.74) is 3.50. The predicted octanol–water partition coefficient (Wildman–Crippen LogP) is 1.90. The highest BCUT2D eigenvalue weighted by Crippen LogP contribution is 2.14. The van der Waals surface area contributed by atoms with E-state index in [1.165, 1.54) is 5.52 Å². The van der Waals surface area contributed by atoms with Crippen LogP contribution in [0.4, 0.5) is 0 Å². The standard InChI is InChI=1S/C10H9N3/c1-8-7-12-6-2-3-9(12)10-4-5-11-13(8)10/h2-7H,1H3. The van der Waals surface area contributed by atoms with Crippen LogP contribution in [0.25, 0.3) is 11.0 Å². The minimum absolute atomic E-state index is 1.14. The summed E-state index contributed by atoms with van der Waals surface area (Å²) < 4.78 is 4.07. The van der Waals surface area contributed by atoms with Gasteiger partial charge in [0, 0.05) is 12.4 Å². The summed E-state index contributed by atoms with van der Waals surface area (Å²) in [5, 5.41) is 4.25. The van der Waals surface area contributed by atoms with Gasteiger partial charge < -0.3 is 4.40 Å². The van der Waals surface area contributed by atoms with Crippen molar-refractivity contribution in [2.45, 2.75) is 6.92 Å². The van der Waals surface area contributed by atoms with E-state index in [-0.39, 0.29) is 0 Å². The van der Waals surface area contributed by atoms with Crippen LogP contribution in [0, 0.1) is 6.92 Å². The molecule has 3 heterocycles. The number of hydrogen-bond acceptors (Lipinski definition) is 1. The first kappa shape index (κ1) is 6.71. The Morgan fingerprint density at radius 3 is 3.08 bits per heavy atom. The lowest BCUT2D eigenvalue weighted by Crippen LogP contribution is -1.96. The molecule has 3 nitrogen and oxygen atoms in total. The molecule has 0 aromatic carbocycles. The van der Waals surface area contributed by atoms with Crippen LogP contribution in [0.5, 0.6) is 0 Å². The molecule has 64 valence electrons. The Kier molecular flexibility index (Phi) is 1.10. The molecule has 0 saturated carbocycles. The SMILES string of the molecule is Cc1cn2cccc2c2ccnn12. The van der Waals surface area contributed by atoms with E-state index in [9.17, 15) is 0 Å². The number of nitrogens with zero attached hydrogens (tertiary/aromatic N) is 3. The summed E-state index contributed by atoms with van der Waals surface area (Å²) in [7, 11) is 0. The molecule has 0 unspecified atom stereocenters. The average molecular weight is 171 g/mol. The van der Waals surface area contributed by atoms with Gasteiger partial charge in [0.2, 0.25) is 0 Å². The first-order chi connectivity index (χ1) is 6.36. The van der Waals surface area contributed by atoms with Crippen LogP contribution in [0.3, 0.4) is 0 Å². The Morgan fingerprint density at radius 2 is 2.15 bits per heavy atom. The number of aryl methyl sites for hydroxylation is 1. The Morgan fingerprint density at radius 1 is 1.23 bits per heavy atom. The number of aromatic nitrogens is 3. The third-order valence-electron chi connectivity index (χ3n) is 2.34. The maximum Gasteiger partial charge on any atom is 0.0905 e. The van der Waals surface area contributed by atoms with Crippen LogP contribution >= 0.6 is 0 Å². The molecule has 0 saturated heterocycles. The van der Waals surface area contributed by atoms with Crippen LogP contribution in [0.1, 0.15) is 5.69 Å². The molecule has 3 aromatic rings. The molecular formula is C10H9N3. The van der Waals surface area contributed by atoms with Crippen molar-refractivity contribution < 1.29 is 0 Å². The second kappa shape index (κ2) is 2.13. The smallest absolute Gasteiger partial charge is 0.0905 e. The zero-order chi connectivity index (χ0) is 8.84. The van der Waals surface area contributed by atoms with Gasteiger partial charge in [0.1, 0.15) is 0 Å². The maximum atomic E-state index is 4.25. The molecule has 0 aliphatic heterocycles. The molecule has 0 N–H and O–H groups in total. The van der Waals surface area contributed by atoms with Crippen molar-refractivity contribution in [3.05, 3.63) is 42.5 Å². The van der Waals surface area contributed by atoms with Crippen LogP contribution in [-0.2, 0) is 0 Å². The Hall–Kier alpha value is -1.77. The fourth-order valence-electron chi connectivity index (χ4n) is 1.76. The van der Waals surface area contributed by atoms with Crippen LogP contribution in [-0.4, -0.2) is 14.0 Å². The van der Waals surface area contributed by atoms with Gasteiger partial charge in [-0.3, -0.25) is 0 Å². The fraction of sp³-hybridized carbons (Fsp3) is 0.100. The summed E-state index contributed by atoms with van der Waals surface area (Å²) in [6.45, 7) is 2.06. The normalized spacial score (nSPS) is 11.5. The lowest BCUT2D eigenvalue weighted by Gasteiger charge is -2.02. The molecule has 0 aliphatic carbocycles. The first-order valence-corrected chi connectivity index (χ1v) is 4.26. The second-order valence-corrected chi connectivity index (χ2v) is 3.20. The minimum atomic E-state index is 1.14. The number of fused-ring (bicyclic) bond motifs is 3. The van der Waals surface area contributed by atoms with E-state index in [1.54, 1.807) is 0 Å². The Balaban J connectivity index is 2.70. The van der Waals surface area contributed by atoms with Crippen LogP contribution in [0.2, 0.25) is 0 Å². The zero-order valence-electron chi connectivity index (χ0n) is 7.31. The Bertz CT molecular complexity index is 574. The molecule has 13 heavy (non-hydrogen) atoms. The highest BCUT2D eigenvalue weighted by Gasteiger charge is 2.02. The predicted molar refractivity (Wildman–Crippen MR) is 50.9 cm³/mol. The summed E-state index contributed by atoms with van der Waals surface area (Å²) in [5.74, 6) is 0. The third kappa shape index (κ3) is 0.758. The summed E-state index contributed by atoms with van der Waals surface area (Å²) >= 11 is 0. The van der Waals surface area contributed by atoms with E-state index in [2.05, 4.69) is 34.9 Å². The van der Waals surface area contributed by atoms with Crippen molar-refractivity contribution >= 4 is 11.0 Å². The molecule has 3 aromatic heterocycles. The molecule has 3 rings (SSSR count). The summed E-state index contributed by atoms with van der Waals surface area (Å²) in [6, 6.07) is 6.17. The van der Waals surface area contributed by atoms with Crippen molar-refractivity contribution in [1.82, 2.24) is 14.0 Å². The van der Waals surface area contributed by atoms with E-state index >= 15 is 0 Å². The van der Waals surface area contributed by atoms with E-state index in [0.29, 0.717) is 0 Å². The van der Waals surface area contributed by atoms with Gasteiger partial charge in [0.05, 0.1) is 22.9 Å². The summed E-state index contributed by atoms with van der Waals surface area (Å²) in [4.78, 5) is 0. The van der Waals surface area contributed by atoms with Crippen molar-refractivity contribution in [3.8, 4) is 0 Å². The van der Waals surface area contributed by atoms with E-state index in [1.807, 2.05) is 22.8 Å². The van der Waals surface area contributed by atoms with Gasteiger partial charge in [0.15, 0.2) is 0 Å². The van der Waals surface area contributed by atoms with E-state index in [0.717, 1.165) is 11.2 Å². The van der Waals surface area contributed by atoms with Crippen LogP contribution < -0.4 is 0 Å². The Labute approximate surface area is 75.2 Å². The van der Waals surface area contributed by atoms with Crippen molar-refractivity contribution in [2.24, 2.45) is 0 Å². The third-order valence-corrected chi connectivity index (χ3v) is 2.34. The highest BCUT2D eigenvalue weighted by molar-refractivity contribution is 5.75. The lowest BCUT2D eigenvalue weighted by atomic mass is 10.4. The van der Waals surface area contributed by atoms with Crippen molar-refractivity contribution in [1.29, 1.82) is 0 Å². The van der Waals surface area contributed by atoms with Gasteiger partial charge in [0.25, 0.3) is 0 Å². The van der Waals surface area contributed by atoms with Crippen molar-refractivity contribution in [2.75, 3.05) is 0 Å². The largest absolute Gasteiger partial charge is 0.320 e. The molecular weight excluding hydrogens is 162 g/mol. The first-order valence-electron chi connectivity index (χ1n) is 4.26. The van der Waals surface area contributed by atoms with E-state index < -0.39 is 0 Å². The molecule has 0 radical (unpaired) electrons. The lowest BCUT2D eigenvalue weighted by molar-refractivity contribution is 0.895. The zero-order valence-corrected chi connectivity index (χ0v) is 7.31. The molecule has 0 aliphatic rings. The summed E-state index contributed by atoms with van der Waals surface area (Å²) in [6.07, 6.45) is 5.96. The average Bonchev–Trinajstić information content (AvgIpc) is 2.66. The highest BCUT2D eigenvalue weighted by atomic mass is 15.2. The number of rotatable bonds is 0. The number of hydrogen-bond donors (Lipinski definition) is 0. The molecule has 0 amide bonds. The fourth-order valence-corrected chi connectivity index (χ4v) is 1.76. The molecule has 0 bridgehead atoms. The maximum absolute atomic E-state index is 4.25. The second-order valence-electron chi connectivity index (χ2n) is 3.20. The molecule has 0 atom stereocenters. The molecule has 0 spiro atoms. The van der Waals surface area contributed by atoms with Gasteiger partial charge in [-0.2, -0.15) is 5.10 Å². The minimum Gasteiger partial charge on any atom is -0.320 e. The van der Waals surface area contributed by atoms with Gasteiger partial charge in [-0.05, 0) is 25.1 Å². The van der Waals surface area contributed by atoms with Crippen molar-refractivity contribution in [3.63, 3.8) is 0 Å². The topological polar surface area (TPSA) is 21.7 Å². The van der Waals surface area contributed by atoms with Gasteiger partial charge in [-0.1, -0.05) is 0 Å². The van der Waals surface area contributed by atoms with Crippen LogP contribution in [0.15, 0.2) is 36.8 Å². The monoisotopic (exact) mass is 171 g/mol. The molecule has 0 fully saturated rings. The molecule has 3 heteroatoms. The van der Waals surface area contributed by atoms with Gasteiger partial charge in [-0.25, -0.2) is 4.52 Å². The quantitative estimate of drug-likeness (QED) is 0.506. The van der Waals surface area contributed by atoms with E-state index in [4.69, 9.17) is 0 Å². The van der Waals surface area contributed by atoms with Gasteiger partial charge in [-0.15, -0.1) is 0 Å².